The first-order valence-corrected chi connectivity index (χ1v) is 3.22. The van der Waals surface area contributed by atoms with Crippen LogP contribution in [0.5, 0.6) is 0 Å². The largest absolute Gasteiger partial charge is 2.00 e. The first kappa shape index (κ1) is 12.3. The van der Waals surface area contributed by atoms with Crippen LogP contribution in [0.2, 0.25) is 0 Å². The molecule has 1 heteroatoms. The number of hydrogen-bond acceptors (Lipinski definition) is 0. The third kappa shape index (κ3) is 5.09. The van der Waals surface area contributed by atoms with Crippen LogP contribution in [-0.4, -0.2) is 0 Å². The van der Waals surface area contributed by atoms with E-state index in [1.165, 1.54) is 32.1 Å². The normalized spacial score (nSPS) is 19.7. The van der Waals surface area contributed by atoms with Crippen molar-refractivity contribution < 1.29 is 19.5 Å². The van der Waals surface area contributed by atoms with Crippen molar-refractivity contribution in [3.05, 3.63) is 14.4 Å². The fourth-order valence-corrected chi connectivity index (χ4v) is 1.19. The third-order valence-corrected chi connectivity index (χ3v) is 1.72. The second-order valence-electron chi connectivity index (χ2n) is 2.50. The molecule has 0 bridgehead atoms. The van der Waals surface area contributed by atoms with Crippen molar-refractivity contribution in [2.75, 3.05) is 0 Å². The predicted octanol–water partition coefficient (Wildman–Crippen LogP) is 2.85. The molecule has 9 heavy (non-hydrogen) atoms. The molecule has 1 saturated carbocycles. The summed E-state index contributed by atoms with van der Waals surface area (Å²) in [5.74, 6) is 0.786. The molecular formula is C8H16Zn. The Balaban J connectivity index is 0. The molecule has 0 spiro atoms. The minimum atomic E-state index is 0. The van der Waals surface area contributed by atoms with E-state index in [-0.39, 0.29) is 26.9 Å². The maximum absolute atomic E-state index is 4.00. The Hall–Kier alpha value is 0.623. The molecule has 0 unspecified atom stereocenters. The molecule has 0 amide bonds. The van der Waals surface area contributed by atoms with Gasteiger partial charge in [-0.1, -0.05) is 32.1 Å². The maximum atomic E-state index is 4.00. The van der Waals surface area contributed by atoms with Crippen LogP contribution in [0, 0.1) is 20.3 Å². The molecule has 1 fully saturated rings. The summed E-state index contributed by atoms with van der Waals surface area (Å²) in [6, 6.07) is 0. The first-order valence-electron chi connectivity index (χ1n) is 3.22. The summed E-state index contributed by atoms with van der Waals surface area (Å²) in [6.45, 7) is 4.00. The zero-order valence-electron chi connectivity index (χ0n) is 6.53. The molecule has 0 N–H and O–H groups in total. The van der Waals surface area contributed by atoms with E-state index in [1.807, 2.05) is 0 Å². The topological polar surface area (TPSA) is 0 Å². The molecule has 0 aromatic carbocycles. The average Bonchev–Trinajstić information content (AvgIpc) is 1.69. The second-order valence-corrected chi connectivity index (χ2v) is 2.50. The van der Waals surface area contributed by atoms with Gasteiger partial charge < -0.3 is 14.4 Å². The quantitative estimate of drug-likeness (QED) is 0.394. The molecule has 0 nitrogen and oxygen atoms in total. The predicted molar refractivity (Wildman–Crippen MR) is 38.3 cm³/mol. The molecule has 1 aliphatic rings. The minimum absolute atomic E-state index is 0. The fraction of sp³-hybridized carbons (Fsp3) is 0.750. The van der Waals surface area contributed by atoms with Crippen LogP contribution in [0.15, 0.2) is 0 Å². The van der Waals surface area contributed by atoms with E-state index in [0.29, 0.717) is 0 Å². The van der Waals surface area contributed by atoms with Crippen molar-refractivity contribution in [3.8, 4) is 0 Å². The molecule has 0 radical (unpaired) electrons. The van der Waals surface area contributed by atoms with Crippen LogP contribution < -0.4 is 0 Å². The van der Waals surface area contributed by atoms with Crippen LogP contribution in [0.4, 0.5) is 0 Å². The van der Waals surface area contributed by atoms with Crippen LogP contribution >= 0.6 is 0 Å². The van der Waals surface area contributed by atoms with Gasteiger partial charge in [-0.25, -0.2) is 0 Å². The van der Waals surface area contributed by atoms with Gasteiger partial charge in [-0.2, -0.15) is 5.92 Å². The first-order chi connectivity index (χ1) is 3.39. The summed E-state index contributed by atoms with van der Waals surface area (Å²) < 4.78 is 0. The summed E-state index contributed by atoms with van der Waals surface area (Å²) in [4.78, 5) is 0. The summed E-state index contributed by atoms with van der Waals surface area (Å²) >= 11 is 0. The van der Waals surface area contributed by atoms with Crippen molar-refractivity contribution in [1.82, 2.24) is 0 Å². The van der Waals surface area contributed by atoms with Crippen molar-refractivity contribution >= 4 is 0 Å². The maximum Gasteiger partial charge on any atom is 2.00 e. The van der Waals surface area contributed by atoms with E-state index >= 15 is 0 Å². The standard InChI is InChI=1S/C7H13.CH3.Zn/c1-7-5-3-2-4-6-7;;/h7H,1-6H2;1H3;/q2*-1;+2. The van der Waals surface area contributed by atoms with Gasteiger partial charge in [-0.15, -0.1) is 0 Å². The Labute approximate surface area is 72.2 Å². The van der Waals surface area contributed by atoms with E-state index < -0.39 is 0 Å². The molecule has 0 heterocycles. The Morgan fingerprint density at radius 2 is 1.44 bits per heavy atom. The Morgan fingerprint density at radius 1 is 1.00 bits per heavy atom. The Bertz CT molecular complexity index is 46.5. The van der Waals surface area contributed by atoms with Gasteiger partial charge in [-0.05, 0) is 0 Å². The van der Waals surface area contributed by atoms with Crippen LogP contribution in [0.1, 0.15) is 32.1 Å². The van der Waals surface area contributed by atoms with Crippen molar-refractivity contribution in [2.24, 2.45) is 5.92 Å². The van der Waals surface area contributed by atoms with Crippen LogP contribution in [0.3, 0.4) is 0 Å². The summed E-state index contributed by atoms with van der Waals surface area (Å²) in [7, 11) is 0. The van der Waals surface area contributed by atoms with Crippen molar-refractivity contribution in [3.63, 3.8) is 0 Å². The molecule has 1 rings (SSSR count). The fourth-order valence-electron chi connectivity index (χ4n) is 1.19. The van der Waals surface area contributed by atoms with Crippen LogP contribution in [-0.2, 0) is 19.5 Å². The Morgan fingerprint density at radius 3 is 1.67 bits per heavy atom. The zero-order valence-corrected chi connectivity index (χ0v) is 9.49. The smallest absolute Gasteiger partial charge is 0.358 e. The second kappa shape index (κ2) is 6.74. The minimum Gasteiger partial charge on any atom is -0.358 e. The summed E-state index contributed by atoms with van der Waals surface area (Å²) in [5, 5.41) is 0. The zero-order chi connectivity index (χ0) is 5.11. The number of rotatable bonds is 0. The molecule has 0 atom stereocenters. The number of hydrogen-bond donors (Lipinski definition) is 0. The van der Waals surface area contributed by atoms with Gasteiger partial charge in [0.05, 0.1) is 0 Å². The molecule has 0 aliphatic heterocycles. The van der Waals surface area contributed by atoms with E-state index in [0.717, 1.165) is 5.92 Å². The molecule has 0 aromatic heterocycles. The average molecular weight is 178 g/mol. The van der Waals surface area contributed by atoms with Gasteiger partial charge in [0.1, 0.15) is 0 Å². The summed E-state index contributed by atoms with van der Waals surface area (Å²) in [5.41, 5.74) is 0. The monoisotopic (exact) mass is 176 g/mol. The molecule has 50 valence electrons. The van der Waals surface area contributed by atoms with Crippen molar-refractivity contribution in [2.45, 2.75) is 32.1 Å². The van der Waals surface area contributed by atoms with E-state index in [4.69, 9.17) is 0 Å². The summed E-state index contributed by atoms with van der Waals surface area (Å²) in [6.07, 6.45) is 7.05. The van der Waals surface area contributed by atoms with Gasteiger partial charge >= 0.3 is 19.5 Å². The van der Waals surface area contributed by atoms with Gasteiger partial charge in [0.2, 0.25) is 0 Å². The van der Waals surface area contributed by atoms with Gasteiger partial charge in [0.25, 0.3) is 0 Å². The van der Waals surface area contributed by atoms with E-state index in [9.17, 15) is 0 Å². The molecule has 0 saturated heterocycles. The van der Waals surface area contributed by atoms with Crippen molar-refractivity contribution in [1.29, 1.82) is 0 Å². The SMILES string of the molecule is [CH2-]C1CCCCC1.[CH3-].[Zn+2]. The molecule has 0 aromatic rings. The third-order valence-electron chi connectivity index (χ3n) is 1.72. The van der Waals surface area contributed by atoms with Crippen LogP contribution in [0.25, 0.3) is 0 Å². The van der Waals surface area contributed by atoms with Gasteiger partial charge in [0, 0.05) is 0 Å². The Kier molecular flexibility index (Phi) is 9.22. The van der Waals surface area contributed by atoms with E-state index in [2.05, 4.69) is 6.92 Å². The van der Waals surface area contributed by atoms with Gasteiger partial charge in [0.15, 0.2) is 0 Å². The van der Waals surface area contributed by atoms with E-state index in [1.54, 1.807) is 0 Å². The molecular weight excluding hydrogens is 161 g/mol. The molecule has 1 aliphatic carbocycles. The van der Waals surface area contributed by atoms with Gasteiger partial charge in [-0.3, -0.25) is 0 Å².